The highest BCUT2D eigenvalue weighted by Crippen LogP contribution is 2.17. The van der Waals surface area contributed by atoms with Gasteiger partial charge >= 0.3 is 0 Å². The van der Waals surface area contributed by atoms with Gasteiger partial charge in [-0.3, -0.25) is 0 Å². The molecule has 0 aliphatic heterocycles. The molecule has 0 atom stereocenters. The van der Waals surface area contributed by atoms with E-state index in [1.165, 1.54) is 5.56 Å². The second-order valence-corrected chi connectivity index (χ2v) is 4.59. The topological polar surface area (TPSA) is 86.2 Å². The molecule has 0 bridgehead atoms. The second kappa shape index (κ2) is 5.62. The highest BCUT2D eigenvalue weighted by molar-refractivity contribution is 6.13. The molecule has 3 aromatic rings. The van der Waals surface area contributed by atoms with Crippen molar-refractivity contribution < 1.29 is 5.21 Å². The number of H-pyrrole nitrogens is 1. The summed E-state index contributed by atoms with van der Waals surface area (Å²) in [6, 6.07) is 9.74. The Hall–Kier alpha value is -2.89. The molecule has 0 saturated carbocycles. The van der Waals surface area contributed by atoms with Gasteiger partial charge in [0.25, 0.3) is 0 Å². The van der Waals surface area contributed by atoms with E-state index in [9.17, 15) is 5.21 Å². The Labute approximate surface area is 121 Å². The molecule has 1 aromatic carbocycles. The molecule has 3 N–H and O–H groups in total. The highest BCUT2D eigenvalue weighted by atomic mass is 16.4. The Bertz CT molecular complexity index is 793. The van der Waals surface area contributed by atoms with Crippen LogP contribution in [0.25, 0.3) is 11.2 Å². The highest BCUT2D eigenvalue weighted by Gasteiger charge is 2.11. The van der Waals surface area contributed by atoms with Crippen LogP contribution >= 0.6 is 0 Å². The van der Waals surface area contributed by atoms with Crippen molar-refractivity contribution in [3.63, 3.8) is 0 Å². The van der Waals surface area contributed by atoms with Crippen molar-refractivity contribution in [3.8, 4) is 0 Å². The molecule has 0 amide bonds. The van der Waals surface area contributed by atoms with E-state index in [-0.39, 0.29) is 0 Å². The molecule has 0 aliphatic rings. The summed E-state index contributed by atoms with van der Waals surface area (Å²) in [5.41, 5.74) is 4.09. The lowest BCUT2D eigenvalue weighted by molar-refractivity contribution is 0.319. The van der Waals surface area contributed by atoms with Crippen LogP contribution in [0, 0.1) is 0 Å². The Morgan fingerprint density at radius 3 is 3.05 bits per heavy atom. The zero-order valence-corrected chi connectivity index (χ0v) is 11.5. The first kappa shape index (κ1) is 13.1. The van der Waals surface area contributed by atoms with Crippen LogP contribution in [0.2, 0.25) is 0 Å². The molecular weight excluding hydrogens is 266 g/mol. The average Bonchev–Trinajstić information content (AvgIpc) is 3.01. The van der Waals surface area contributed by atoms with Crippen LogP contribution in [0.5, 0.6) is 0 Å². The molecule has 6 nitrogen and oxygen atoms in total. The maximum absolute atomic E-state index is 9.34. The number of benzene rings is 1. The third-order valence-electron chi connectivity index (χ3n) is 3.28. The number of amidine groups is 1. The van der Waals surface area contributed by atoms with Crippen LogP contribution in [-0.4, -0.2) is 26.0 Å². The number of aryl methyl sites for hydroxylation is 1. The van der Waals surface area contributed by atoms with Crippen molar-refractivity contribution in [2.45, 2.75) is 13.3 Å². The number of hydrogen-bond donors (Lipinski definition) is 3. The zero-order valence-electron chi connectivity index (χ0n) is 11.5. The molecular formula is C15H15N5O. The fourth-order valence-corrected chi connectivity index (χ4v) is 2.20. The maximum atomic E-state index is 9.34. The first-order chi connectivity index (χ1) is 10.3. The fourth-order valence-electron chi connectivity index (χ4n) is 2.20. The molecule has 0 spiro atoms. The van der Waals surface area contributed by atoms with Crippen LogP contribution in [-0.2, 0) is 6.42 Å². The number of anilines is 1. The second-order valence-electron chi connectivity index (χ2n) is 4.59. The monoisotopic (exact) mass is 281 g/mol. The van der Waals surface area contributed by atoms with Gasteiger partial charge in [-0.05, 0) is 30.2 Å². The van der Waals surface area contributed by atoms with Gasteiger partial charge in [-0.15, -0.1) is 0 Å². The van der Waals surface area contributed by atoms with Gasteiger partial charge in [0.15, 0.2) is 11.5 Å². The number of imidazole rings is 1. The molecule has 106 valence electrons. The number of nitrogens with one attached hydrogen (secondary N) is 2. The lowest BCUT2D eigenvalue weighted by atomic mass is 10.1. The minimum Gasteiger partial charge on any atom is -0.409 e. The standard InChI is InChI=1S/C15H15N5O/c1-2-10-4-3-5-11(8-10)19-14(20-21)12-6-7-16-15-13(12)17-9-18-15/h3-9,21H,2H2,1H3,(H,19,20)(H,16,17,18). The van der Waals surface area contributed by atoms with Crippen LogP contribution in [0.15, 0.2) is 48.0 Å². The van der Waals surface area contributed by atoms with E-state index in [1.54, 1.807) is 18.6 Å². The molecule has 0 fully saturated rings. The molecule has 21 heavy (non-hydrogen) atoms. The van der Waals surface area contributed by atoms with E-state index in [0.29, 0.717) is 17.0 Å². The lowest BCUT2D eigenvalue weighted by Gasteiger charge is -2.10. The summed E-state index contributed by atoms with van der Waals surface area (Å²) >= 11 is 0. The summed E-state index contributed by atoms with van der Waals surface area (Å²) in [7, 11) is 0. The molecule has 0 unspecified atom stereocenters. The number of fused-ring (bicyclic) bond motifs is 1. The van der Waals surface area contributed by atoms with Crippen LogP contribution in [0.1, 0.15) is 18.1 Å². The Kier molecular flexibility index (Phi) is 3.51. The molecule has 0 saturated heterocycles. The number of rotatable bonds is 3. The van der Waals surface area contributed by atoms with Crippen molar-refractivity contribution in [3.05, 3.63) is 54.0 Å². The maximum Gasteiger partial charge on any atom is 0.179 e. The normalized spacial score (nSPS) is 11.8. The van der Waals surface area contributed by atoms with Gasteiger partial charge in [0.2, 0.25) is 0 Å². The molecule has 2 aromatic heterocycles. The summed E-state index contributed by atoms with van der Waals surface area (Å²) in [5.74, 6) is 0.347. The van der Waals surface area contributed by atoms with E-state index >= 15 is 0 Å². The minimum atomic E-state index is 0.347. The smallest absolute Gasteiger partial charge is 0.179 e. The third-order valence-corrected chi connectivity index (χ3v) is 3.28. The average molecular weight is 281 g/mol. The molecule has 3 rings (SSSR count). The van der Waals surface area contributed by atoms with E-state index in [1.807, 2.05) is 18.2 Å². The predicted molar refractivity (Wildman–Crippen MR) is 81.7 cm³/mol. The number of aromatic amines is 1. The summed E-state index contributed by atoms with van der Waals surface area (Å²) in [6.45, 7) is 2.09. The molecule has 0 radical (unpaired) electrons. The predicted octanol–water partition coefficient (Wildman–Crippen LogP) is 2.77. The van der Waals surface area contributed by atoms with Crippen molar-refractivity contribution >= 4 is 22.7 Å². The van der Waals surface area contributed by atoms with E-state index in [0.717, 1.165) is 17.6 Å². The largest absolute Gasteiger partial charge is 0.409 e. The van der Waals surface area contributed by atoms with Crippen molar-refractivity contribution in [1.82, 2.24) is 15.0 Å². The number of nitrogens with zero attached hydrogens (tertiary/aromatic N) is 3. The quantitative estimate of drug-likeness (QED) is 0.298. The van der Waals surface area contributed by atoms with Gasteiger partial charge < -0.3 is 15.5 Å². The van der Waals surface area contributed by atoms with E-state index < -0.39 is 0 Å². The zero-order chi connectivity index (χ0) is 14.7. The van der Waals surface area contributed by atoms with Crippen molar-refractivity contribution in [2.75, 3.05) is 5.32 Å². The number of pyridine rings is 1. The molecule has 2 heterocycles. The van der Waals surface area contributed by atoms with E-state index in [4.69, 9.17) is 0 Å². The van der Waals surface area contributed by atoms with Gasteiger partial charge in [0.05, 0.1) is 11.8 Å². The van der Waals surface area contributed by atoms with Gasteiger partial charge in [-0.25, -0.2) is 9.97 Å². The van der Waals surface area contributed by atoms with E-state index in [2.05, 4.69) is 38.4 Å². The van der Waals surface area contributed by atoms with Gasteiger partial charge in [0.1, 0.15) is 0 Å². The van der Waals surface area contributed by atoms with Gasteiger partial charge in [-0.1, -0.05) is 24.2 Å². The molecule has 0 aliphatic carbocycles. The number of oxime groups is 1. The number of hydrogen-bond acceptors (Lipinski definition) is 4. The Morgan fingerprint density at radius 1 is 1.33 bits per heavy atom. The summed E-state index contributed by atoms with van der Waals surface area (Å²) in [5, 5.41) is 15.8. The summed E-state index contributed by atoms with van der Waals surface area (Å²) in [6.07, 6.45) is 4.14. The summed E-state index contributed by atoms with van der Waals surface area (Å²) in [4.78, 5) is 11.3. The third kappa shape index (κ3) is 2.55. The lowest BCUT2D eigenvalue weighted by Crippen LogP contribution is -2.14. The molecule has 6 heteroatoms. The Balaban J connectivity index is 1.97. The fraction of sp³-hybridized carbons (Fsp3) is 0.133. The van der Waals surface area contributed by atoms with Crippen LogP contribution < -0.4 is 5.32 Å². The first-order valence-corrected chi connectivity index (χ1v) is 6.68. The summed E-state index contributed by atoms with van der Waals surface area (Å²) < 4.78 is 0. The van der Waals surface area contributed by atoms with Crippen molar-refractivity contribution in [2.24, 2.45) is 5.16 Å². The van der Waals surface area contributed by atoms with Gasteiger partial charge in [0, 0.05) is 17.4 Å². The minimum absolute atomic E-state index is 0.347. The number of aromatic nitrogens is 3. The van der Waals surface area contributed by atoms with Crippen LogP contribution in [0.3, 0.4) is 0 Å². The van der Waals surface area contributed by atoms with Crippen molar-refractivity contribution in [1.29, 1.82) is 0 Å². The SMILES string of the molecule is CCc1cccc(N/C(=N\O)c2ccnc3nc[nH]c23)c1. The van der Waals surface area contributed by atoms with Gasteiger partial charge in [-0.2, -0.15) is 0 Å². The Morgan fingerprint density at radius 2 is 2.24 bits per heavy atom. The van der Waals surface area contributed by atoms with Crippen LogP contribution in [0.4, 0.5) is 5.69 Å². The first-order valence-electron chi connectivity index (χ1n) is 6.68.